The maximum atomic E-state index is 13.2. The summed E-state index contributed by atoms with van der Waals surface area (Å²) in [5.41, 5.74) is 0. The van der Waals surface area contributed by atoms with Crippen molar-refractivity contribution in [3.05, 3.63) is 29.8 Å². The summed E-state index contributed by atoms with van der Waals surface area (Å²) in [5, 5.41) is 3.34. The molecule has 0 heterocycles. The quantitative estimate of drug-likeness (QED) is 0.800. The van der Waals surface area contributed by atoms with Crippen LogP contribution >= 0.6 is 0 Å². The van der Waals surface area contributed by atoms with E-state index in [0.29, 0.717) is 19.2 Å². The fraction of sp³-hybridized carbons (Fsp3) is 0.538. The molecule has 0 aromatic heterocycles. The first-order valence-corrected chi connectivity index (χ1v) is 6.07. The number of hydrogen-bond donors (Lipinski definition) is 1. The van der Waals surface area contributed by atoms with Gasteiger partial charge in [-0.05, 0) is 25.0 Å². The Morgan fingerprint density at radius 3 is 2.76 bits per heavy atom. The molecule has 1 aliphatic carbocycles. The zero-order valence-corrected chi connectivity index (χ0v) is 9.72. The van der Waals surface area contributed by atoms with Gasteiger partial charge in [0, 0.05) is 12.6 Å². The van der Waals surface area contributed by atoms with Crippen molar-refractivity contribution in [3.8, 4) is 5.75 Å². The topological polar surface area (TPSA) is 21.3 Å². The Morgan fingerprint density at radius 2 is 2.00 bits per heavy atom. The van der Waals surface area contributed by atoms with Crippen LogP contribution in [0.4, 0.5) is 8.78 Å². The van der Waals surface area contributed by atoms with Gasteiger partial charge >= 0.3 is 0 Å². The largest absolute Gasteiger partial charge is 0.489 e. The molecule has 2 rings (SSSR count). The van der Waals surface area contributed by atoms with Crippen molar-refractivity contribution < 1.29 is 13.5 Å². The van der Waals surface area contributed by atoms with E-state index in [0.717, 1.165) is 6.07 Å². The smallest absolute Gasteiger partial charge is 0.200 e. The van der Waals surface area contributed by atoms with E-state index in [9.17, 15) is 8.78 Å². The molecular weight excluding hydrogens is 224 g/mol. The Kier molecular flexibility index (Phi) is 4.31. The molecule has 1 aromatic rings. The third kappa shape index (κ3) is 3.40. The Morgan fingerprint density at radius 1 is 1.24 bits per heavy atom. The minimum Gasteiger partial charge on any atom is -0.489 e. The molecule has 0 saturated heterocycles. The highest BCUT2D eigenvalue weighted by Gasteiger charge is 2.13. The van der Waals surface area contributed by atoms with Gasteiger partial charge in [-0.25, -0.2) is 4.39 Å². The second kappa shape index (κ2) is 5.96. The molecule has 94 valence electrons. The summed E-state index contributed by atoms with van der Waals surface area (Å²) in [5.74, 6) is -1.79. The Hall–Kier alpha value is -1.16. The molecule has 1 aliphatic rings. The molecule has 0 atom stereocenters. The third-order valence-corrected chi connectivity index (χ3v) is 3.06. The van der Waals surface area contributed by atoms with Crippen LogP contribution in [-0.2, 0) is 0 Å². The summed E-state index contributed by atoms with van der Waals surface area (Å²) in [6, 6.07) is 4.53. The number of hydrogen-bond acceptors (Lipinski definition) is 2. The molecule has 1 fully saturated rings. The molecule has 0 unspecified atom stereocenters. The average molecular weight is 241 g/mol. The van der Waals surface area contributed by atoms with E-state index in [1.54, 1.807) is 0 Å². The van der Waals surface area contributed by atoms with Gasteiger partial charge in [0.05, 0.1) is 0 Å². The van der Waals surface area contributed by atoms with E-state index in [2.05, 4.69) is 5.32 Å². The van der Waals surface area contributed by atoms with E-state index >= 15 is 0 Å². The van der Waals surface area contributed by atoms with Crippen LogP contribution in [0.2, 0.25) is 0 Å². The molecule has 1 aromatic carbocycles. The Labute approximate surface area is 100.0 Å². The average Bonchev–Trinajstić information content (AvgIpc) is 2.83. The van der Waals surface area contributed by atoms with Gasteiger partial charge in [-0.1, -0.05) is 18.9 Å². The lowest BCUT2D eigenvalue weighted by atomic mass is 10.2. The van der Waals surface area contributed by atoms with E-state index in [1.165, 1.54) is 37.8 Å². The molecule has 4 heteroatoms. The van der Waals surface area contributed by atoms with E-state index in [4.69, 9.17) is 4.74 Å². The monoisotopic (exact) mass is 241 g/mol. The summed E-state index contributed by atoms with van der Waals surface area (Å²) in [4.78, 5) is 0. The van der Waals surface area contributed by atoms with Gasteiger partial charge < -0.3 is 10.1 Å². The van der Waals surface area contributed by atoms with Crippen molar-refractivity contribution in [2.75, 3.05) is 13.2 Å². The summed E-state index contributed by atoms with van der Waals surface area (Å²) in [7, 11) is 0. The second-order valence-corrected chi connectivity index (χ2v) is 4.34. The van der Waals surface area contributed by atoms with Gasteiger partial charge in [0.15, 0.2) is 11.6 Å². The fourth-order valence-electron chi connectivity index (χ4n) is 2.15. The lowest BCUT2D eigenvalue weighted by Gasteiger charge is -2.12. The molecule has 0 amide bonds. The molecular formula is C13H17F2NO. The first-order chi connectivity index (χ1) is 8.27. The summed E-state index contributed by atoms with van der Waals surface area (Å²) in [6.07, 6.45) is 4.96. The van der Waals surface area contributed by atoms with Crippen molar-refractivity contribution in [1.82, 2.24) is 5.32 Å². The van der Waals surface area contributed by atoms with Gasteiger partial charge in [-0.15, -0.1) is 0 Å². The molecule has 2 nitrogen and oxygen atoms in total. The van der Waals surface area contributed by atoms with Crippen LogP contribution in [0.5, 0.6) is 5.75 Å². The van der Waals surface area contributed by atoms with Crippen molar-refractivity contribution in [2.45, 2.75) is 31.7 Å². The molecule has 1 N–H and O–H groups in total. The highest BCUT2D eigenvalue weighted by Crippen LogP contribution is 2.19. The van der Waals surface area contributed by atoms with Crippen LogP contribution in [0.1, 0.15) is 25.7 Å². The lowest BCUT2D eigenvalue weighted by molar-refractivity contribution is 0.286. The van der Waals surface area contributed by atoms with Gasteiger partial charge in [-0.2, -0.15) is 4.39 Å². The van der Waals surface area contributed by atoms with Gasteiger partial charge in [0.25, 0.3) is 0 Å². The SMILES string of the molecule is Fc1cccc(OCCNC2CCCC2)c1F. The number of halogens is 2. The lowest BCUT2D eigenvalue weighted by Crippen LogP contribution is -2.30. The van der Waals surface area contributed by atoms with Crippen molar-refractivity contribution >= 4 is 0 Å². The number of rotatable bonds is 5. The van der Waals surface area contributed by atoms with Gasteiger partial charge in [0.2, 0.25) is 5.82 Å². The number of nitrogens with one attached hydrogen (secondary N) is 1. The predicted molar refractivity (Wildman–Crippen MR) is 62.1 cm³/mol. The highest BCUT2D eigenvalue weighted by molar-refractivity contribution is 5.24. The first-order valence-electron chi connectivity index (χ1n) is 6.07. The highest BCUT2D eigenvalue weighted by atomic mass is 19.2. The van der Waals surface area contributed by atoms with E-state index < -0.39 is 11.6 Å². The van der Waals surface area contributed by atoms with Crippen LogP contribution in [0, 0.1) is 11.6 Å². The van der Waals surface area contributed by atoms with E-state index in [1.807, 2.05) is 0 Å². The molecule has 0 bridgehead atoms. The van der Waals surface area contributed by atoms with Gasteiger partial charge in [0.1, 0.15) is 6.61 Å². The van der Waals surface area contributed by atoms with Crippen LogP contribution in [0.25, 0.3) is 0 Å². The van der Waals surface area contributed by atoms with E-state index in [-0.39, 0.29) is 5.75 Å². The Balaban J connectivity index is 1.72. The number of benzene rings is 1. The minimum atomic E-state index is -0.909. The van der Waals surface area contributed by atoms with Crippen LogP contribution in [0.15, 0.2) is 18.2 Å². The standard InChI is InChI=1S/C13H17F2NO/c14-11-6-3-7-12(13(11)15)17-9-8-16-10-4-1-2-5-10/h3,6-7,10,16H,1-2,4-5,8-9H2. The zero-order valence-electron chi connectivity index (χ0n) is 9.72. The molecule has 0 aliphatic heterocycles. The van der Waals surface area contributed by atoms with Crippen LogP contribution < -0.4 is 10.1 Å². The van der Waals surface area contributed by atoms with Crippen molar-refractivity contribution in [2.24, 2.45) is 0 Å². The van der Waals surface area contributed by atoms with Crippen LogP contribution in [-0.4, -0.2) is 19.2 Å². The normalized spacial score (nSPS) is 16.4. The van der Waals surface area contributed by atoms with Crippen LogP contribution in [0.3, 0.4) is 0 Å². The third-order valence-electron chi connectivity index (χ3n) is 3.06. The molecule has 0 spiro atoms. The Bertz CT molecular complexity index is 364. The molecule has 0 radical (unpaired) electrons. The first kappa shape index (κ1) is 12.3. The zero-order chi connectivity index (χ0) is 12.1. The predicted octanol–water partition coefficient (Wildman–Crippen LogP) is 2.88. The summed E-state index contributed by atoms with van der Waals surface area (Å²) >= 11 is 0. The second-order valence-electron chi connectivity index (χ2n) is 4.34. The maximum Gasteiger partial charge on any atom is 0.200 e. The minimum absolute atomic E-state index is 0.0155. The van der Waals surface area contributed by atoms with Gasteiger partial charge in [-0.3, -0.25) is 0 Å². The maximum absolute atomic E-state index is 13.2. The molecule has 17 heavy (non-hydrogen) atoms. The fourth-order valence-corrected chi connectivity index (χ4v) is 2.15. The molecule has 1 saturated carbocycles. The summed E-state index contributed by atoms with van der Waals surface area (Å²) in [6.45, 7) is 1.03. The number of ether oxygens (including phenoxy) is 1. The van der Waals surface area contributed by atoms with Crippen molar-refractivity contribution in [3.63, 3.8) is 0 Å². The van der Waals surface area contributed by atoms with Crippen molar-refractivity contribution in [1.29, 1.82) is 0 Å². The summed E-state index contributed by atoms with van der Waals surface area (Å²) < 4.78 is 31.3.